The van der Waals surface area contributed by atoms with Gasteiger partial charge in [-0.05, 0) is 37.0 Å². The van der Waals surface area contributed by atoms with E-state index in [0.717, 1.165) is 31.2 Å². The van der Waals surface area contributed by atoms with Gasteiger partial charge in [0.25, 0.3) is 0 Å². The summed E-state index contributed by atoms with van der Waals surface area (Å²) < 4.78 is 5.01. The molecule has 3 N–H and O–H groups in total. The maximum Gasteiger partial charge on any atom is 0.225 e. The highest BCUT2D eigenvalue weighted by atomic mass is 35.5. The molecule has 1 aliphatic rings. The number of aromatic hydroxyl groups is 1. The molecule has 0 saturated heterocycles. The van der Waals surface area contributed by atoms with E-state index in [4.69, 9.17) is 10.5 Å². The Morgan fingerprint density at radius 3 is 2.77 bits per heavy atom. The molecule has 0 spiro atoms. The van der Waals surface area contributed by atoms with E-state index >= 15 is 0 Å². The van der Waals surface area contributed by atoms with E-state index in [1.54, 1.807) is 24.1 Å². The number of hydrogen-bond acceptors (Lipinski definition) is 4. The Balaban J connectivity index is 0.00000242. The number of phenolic OH excluding ortho intramolecular Hbond substituents is 1. The molecule has 0 bridgehead atoms. The van der Waals surface area contributed by atoms with Crippen molar-refractivity contribution in [1.82, 2.24) is 4.90 Å². The normalized spacial score (nSPS) is 20.9. The number of carbonyl (C=O) groups excluding carboxylic acids is 1. The molecular weight excluding hydrogens is 304 g/mol. The largest absolute Gasteiger partial charge is 0.504 e. The van der Waals surface area contributed by atoms with Gasteiger partial charge in [0.1, 0.15) is 0 Å². The quantitative estimate of drug-likeness (QED) is 0.889. The molecule has 0 radical (unpaired) electrons. The first-order valence-electron chi connectivity index (χ1n) is 7.37. The summed E-state index contributed by atoms with van der Waals surface area (Å²) >= 11 is 0. The highest BCUT2D eigenvalue weighted by Gasteiger charge is 2.27. The molecule has 6 heteroatoms. The minimum atomic E-state index is 0. The number of methoxy groups -OCH3 is 1. The number of benzene rings is 1. The van der Waals surface area contributed by atoms with Gasteiger partial charge in [-0.15, -0.1) is 12.4 Å². The average molecular weight is 329 g/mol. The topological polar surface area (TPSA) is 75.8 Å². The van der Waals surface area contributed by atoms with E-state index in [1.165, 1.54) is 7.11 Å². The second kappa shape index (κ2) is 8.25. The van der Waals surface area contributed by atoms with Crippen molar-refractivity contribution in [2.75, 3.05) is 14.2 Å². The predicted octanol–water partition coefficient (Wildman–Crippen LogP) is 2.30. The van der Waals surface area contributed by atoms with Gasteiger partial charge >= 0.3 is 0 Å². The fourth-order valence-electron chi connectivity index (χ4n) is 2.95. The van der Waals surface area contributed by atoms with Crippen molar-refractivity contribution in [3.8, 4) is 11.5 Å². The van der Waals surface area contributed by atoms with Crippen molar-refractivity contribution in [3.63, 3.8) is 0 Å². The number of phenols is 1. The first kappa shape index (κ1) is 18.6. The summed E-state index contributed by atoms with van der Waals surface area (Å²) in [4.78, 5) is 14.2. The van der Waals surface area contributed by atoms with Crippen molar-refractivity contribution in [2.45, 2.75) is 38.3 Å². The Kier molecular flexibility index (Phi) is 6.97. The second-order valence-electron chi connectivity index (χ2n) is 5.82. The highest BCUT2D eigenvalue weighted by molar-refractivity contribution is 5.85. The minimum absolute atomic E-state index is 0. The van der Waals surface area contributed by atoms with Crippen LogP contribution < -0.4 is 10.5 Å². The van der Waals surface area contributed by atoms with Gasteiger partial charge in [-0.25, -0.2) is 0 Å². The number of amides is 1. The van der Waals surface area contributed by atoms with Gasteiger partial charge in [0.15, 0.2) is 11.5 Å². The molecule has 2 atom stereocenters. The van der Waals surface area contributed by atoms with Crippen LogP contribution in [0.15, 0.2) is 18.2 Å². The van der Waals surface area contributed by atoms with E-state index < -0.39 is 0 Å². The Morgan fingerprint density at radius 1 is 1.45 bits per heavy atom. The average Bonchev–Trinajstić information content (AvgIpc) is 2.46. The zero-order valence-corrected chi connectivity index (χ0v) is 13.9. The van der Waals surface area contributed by atoms with Gasteiger partial charge in [0, 0.05) is 25.6 Å². The molecule has 1 aliphatic carbocycles. The number of nitrogens with zero attached hydrogens (tertiary/aromatic N) is 1. The standard InChI is InChI=1S/C16H24N2O3.ClH/c1-18(16(20)12-4-3-5-13(17)9-12)10-11-6-7-15(21-2)14(19)8-11;/h6-8,12-13,19H,3-5,9-10,17H2,1-2H3;1H. The summed E-state index contributed by atoms with van der Waals surface area (Å²) in [6.45, 7) is 0.474. The molecule has 0 aromatic heterocycles. The molecular formula is C16H25ClN2O3. The Labute approximate surface area is 137 Å². The van der Waals surface area contributed by atoms with E-state index in [9.17, 15) is 9.90 Å². The van der Waals surface area contributed by atoms with E-state index in [1.807, 2.05) is 6.07 Å². The SMILES string of the molecule is COc1ccc(CN(C)C(=O)C2CCCC(N)C2)cc1O.Cl. The number of hydrogen-bond donors (Lipinski definition) is 2. The fourth-order valence-corrected chi connectivity index (χ4v) is 2.95. The number of ether oxygens (including phenoxy) is 1. The van der Waals surface area contributed by atoms with Gasteiger partial charge in [0.2, 0.25) is 5.91 Å². The highest BCUT2D eigenvalue weighted by Crippen LogP contribution is 2.28. The van der Waals surface area contributed by atoms with Crippen molar-refractivity contribution in [1.29, 1.82) is 0 Å². The molecule has 124 valence electrons. The molecule has 0 heterocycles. The van der Waals surface area contributed by atoms with Gasteiger partial charge in [0.05, 0.1) is 7.11 Å². The minimum Gasteiger partial charge on any atom is -0.504 e. The third kappa shape index (κ3) is 4.52. The van der Waals surface area contributed by atoms with Crippen LogP contribution in [0.2, 0.25) is 0 Å². The Bertz CT molecular complexity index is 510. The number of carbonyl (C=O) groups is 1. The monoisotopic (exact) mass is 328 g/mol. The third-order valence-electron chi connectivity index (χ3n) is 4.10. The van der Waals surface area contributed by atoms with Crippen LogP contribution in [-0.4, -0.2) is 36.1 Å². The molecule has 1 amide bonds. The lowest BCUT2D eigenvalue weighted by molar-refractivity contribution is -0.135. The van der Waals surface area contributed by atoms with Crippen LogP contribution in [0.1, 0.15) is 31.2 Å². The third-order valence-corrected chi connectivity index (χ3v) is 4.10. The number of rotatable bonds is 4. The first-order chi connectivity index (χ1) is 10.0. The van der Waals surface area contributed by atoms with Gasteiger partial charge in [-0.3, -0.25) is 4.79 Å². The van der Waals surface area contributed by atoms with Crippen LogP contribution in [0.25, 0.3) is 0 Å². The smallest absolute Gasteiger partial charge is 0.225 e. The first-order valence-corrected chi connectivity index (χ1v) is 7.37. The summed E-state index contributed by atoms with van der Waals surface area (Å²) in [7, 11) is 3.31. The van der Waals surface area contributed by atoms with Crippen LogP contribution in [0.3, 0.4) is 0 Å². The van der Waals surface area contributed by atoms with Crippen LogP contribution in [0, 0.1) is 5.92 Å². The molecule has 5 nitrogen and oxygen atoms in total. The molecule has 1 fully saturated rings. The summed E-state index contributed by atoms with van der Waals surface area (Å²) in [5, 5.41) is 9.78. The molecule has 2 unspecified atom stereocenters. The lowest BCUT2D eigenvalue weighted by Gasteiger charge is -2.29. The molecule has 22 heavy (non-hydrogen) atoms. The van der Waals surface area contributed by atoms with E-state index in [0.29, 0.717) is 12.3 Å². The lowest BCUT2D eigenvalue weighted by Crippen LogP contribution is -2.38. The fraction of sp³-hybridized carbons (Fsp3) is 0.562. The molecule has 1 saturated carbocycles. The predicted molar refractivity (Wildman–Crippen MR) is 88.3 cm³/mol. The van der Waals surface area contributed by atoms with Crippen LogP contribution >= 0.6 is 12.4 Å². The van der Waals surface area contributed by atoms with Crippen LogP contribution in [0.4, 0.5) is 0 Å². The zero-order valence-electron chi connectivity index (χ0n) is 13.1. The number of nitrogens with two attached hydrogens (primary N) is 1. The molecule has 1 aromatic carbocycles. The molecule has 0 aliphatic heterocycles. The summed E-state index contributed by atoms with van der Waals surface area (Å²) in [6.07, 6.45) is 3.73. The lowest BCUT2D eigenvalue weighted by atomic mass is 9.85. The van der Waals surface area contributed by atoms with Crippen molar-refractivity contribution in [3.05, 3.63) is 23.8 Å². The zero-order chi connectivity index (χ0) is 15.4. The van der Waals surface area contributed by atoms with Crippen molar-refractivity contribution >= 4 is 18.3 Å². The van der Waals surface area contributed by atoms with Crippen LogP contribution in [0.5, 0.6) is 11.5 Å². The maximum absolute atomic E-state index is 12.4. The van der Waals surface area contributed by atoms with E-state index in [2.05, 4.69) is 0 Å². The molecule has 1 aromatic rings. The van der Waals surface area contributed by atoms with Crippen molar-refractivity contribution in [2.24, 2.45) is 11.7 Å². The van der Waals surface area contributed by atoms with Gasteiger partial charge < -0.3 is 20.5 Å². The summed E-state index contributed by atoms with van der Waals surface area (Å²) in [5.74, 6) is 0.701. The Morgan fingerprint density at radius 2 is 2.18 bits per heavy atom. The van der Waals surface area contributed by atoms with Crippen molar-refractivity contribution < 1.29 is 14.6 Å². The van der Waals surface area contributed by atoms with E-state index in [-0.39, 0.29) is 36.0 Å². The van der Waals surface area contributed by atoms with Gasteiger partial charge in [-0.1, -0.05) is 12.5 Å². The molecule has 2 rings (SSSR count). The summed E-state index contributed by atoms with van der Waals surface area (Å²) in [6, 6.07) is 5.34. The Hall–Kier alpha value is -1.46. The van der Waals surface area contributed by atoms with Crippen LogP contribution in [-0.2, 0) is 11.3 Å². The van der Waals surface area contributed by atoms with Gasteiger partial charge in [-0.2, -0.15) is 0 Å². The second-order valence-corrected chi connectivity index (χ2v) is 5.82. The summed E-state index contributed by atoms with van der Waals surface area (Å²) in [5.41, 5.74) is 6.83. The maximum atomic E-state index is 12.4. The number of halogens is 1.